The quantitative estimate of drug-likeness (QED) is 0.0311. The molecule has 17 heteroatoms. The molecule has 0 radical (unpaired) electrons. The Morgan fingerprint density at radius 1 is 0.761 bits per heavy atom. The monoisotopic (exact) mass is 978 g/mol. The summed E-state index contributed by atoms with van der Waals surface area (Å²) in [6.45, 7) is 7.17. The van der Waals surface area contributed by atoms with Crippen molar-refractivity contribution >= 4 is 63.8 Å². The summed E-state index contributed by atoms with van der Waals surface area (Å²) >= 11 is 0. The number of unbranched alkanes of at least 4 members (excludes halogenated alkanes) is 1. The Morgan fingerprint density at radius 2 is 1.31 bits per heavy atom. The van der Waals surface area contributed by atoms with Gasteiger partial charge < -0.3 is 4.18 Å². The van der Waals surface area contributed by atoms with Gasteiger partial charge in [-0.2, -0.15) is 21.6 Å². The van der Waals surface area contributed by atoms with Crippen LogP contribution in [0.5, 0.6) is 5.75 Å². The molecule has 8 rings (SSSR count). The fourth-order valence-corrected chi connectivity index (χ4v) is 18.6. The molecular weight excluding hydrogens is 933 g/mol. The van der Waals surface area contributed by atoms with Crippen molar-refractivity contribution in [2.75, 3.05) is 38.9 Å². The molecular formula is C50H46F7N2O5PSSi. The fraction of sp³-hybridized carbons (Fsp3) is 0.240. The normalized spacial score (nSPS) is 17.0. The summed E-state index contributed by atoms with van der Waals surface area (Å²) < 4.78 is 131. The van der Waals surface area contributed by atoms with Gasteiger partial charge in [0.1, 0.15) is 8.07 Å². The van der Waals surface area contributed by atoms with E-state index in [9.17, 15) is 31.2 Å². The van der Waals surface area contributed by atoms with Gasteiger partial charge in [0.25, 0.3) is 0 Å². The molecule has 2 heterocycles. The Kier molecular flexibility index (Phi) is 13.2. The first-order chi connectivity index (χ1) is 31.8. The summed E-state index contributed by atoms with van der Waals surface area (Å²) in [5.41, 5.74) is -6.06. The first-order valence-electron chi connectivity index (χ1n) is 21.7. The number of aryl methyl sites for hydroxylation is 1. The number of ketones is 1. The minimum Gasteiger partial charge on any atom is -0.370 e. The molecule has 0 N–H and O–H groups in total. The van der Waals surface area contributed by atoms with Gasteiger partial charge in [0, 0.05) is 0 Å². The predicted molar refractivity (Wildman–Crippen MR) is 252 cm³/mol. The van der Waals surface area contributed by atoms with Crippen LogP contribution in [0.25, 0.3) is 5.57 Å². The van der Waals surface area contributed by atoms with Gasteiger partial charge in [-0.25, -0.2) is 17.6 Å². The van der Waals surface area contributed by atoms with Crippen LogP contribution in [0.4, 0.5) is 30.7 Å². The zero-order valence-electron chi connectivity index (χ0n) is 36.7. The van der Waals surface area contributed by atoms with E-state index in [0.717, 1.165) is 31.6 Å². The SMILES string of the molecule is Cc1cc(C(=O)N2CCN(CCCC[PH](c3ccccc3)(c3ccccc3)c3ccccc3)CC2)ccc1C1=C2C=C(F)C(=O)C(F)=C2[Si](C)(C)c2c1cc(F)c(OS(=O)(=O)C(F)(F)F)c2F. The van der Waals surface area contributed by atoms with E-state index in [-0.39, 0.29) is 33.7 Å². The molecule has 5 aromatic carbocycles. The van der Waals surface area contributed by atoms with Crippen LogP contribution >= 0.6 is 7.26 Å². The number of rotatable bonds is 12. The van der Waals surface area contributed by atoms with Gasteiger partial charge in [-0.1, -0.05) is 13.1 Å². The van der Waals surface area contributed by atoms with Crippen LogP contribution in [0.3, 0.4) is 0 Å². The molecule has 1 aliphatic carbocycles. The van der Waals surface area contributed by atoms with Gasteiger partial charge in [-0.05, 0) is 51.7 Å². The van der Waals surface area contributed by atoms with Gasteiger partial charge in [0.05, 0.1) is 0 Å². The van der Waals surface area contributed by atoms with Crippen LogP contribution in [0.2, 0.25) is 13.1 Å². The van der Waals surface area contributed by atoms with E-state index in [2.05, 4.69) is 81.9 Å². The molecule has 1 saturated heterocycles. The number of piperazine rings is 1. The zero-order valence-corrected chi connectivity index (χ0v) is 39.5. The number of alkyl halides is 3. The third kappa shape index (κ3) is 8.73. The molecule has 3 aliphatic rings. The van der Waals surface area contributed by atoms with Crippen molar-refractivity contribution in [2.45, 2.75) is 38.4 Å². The second-order valence-electron chi connectivity index (χ2n) is 17.5. The van der Waals surface area contributed by atoms with Crippen molar-refractivity contribution in [2.24, 2.45) is 0 Å². The Labute approximate surface area is 385 Å². The van der Waals surface area contributed by atoms with Crippen LogP contribution in [0, 0.1) is 18.6 Å². The van der Waals surface area contributed by atoms with Crippen molar-refractivity contribution < 1.29 is 52.9 Å². The van der Waals surface area contributed by atoms with E-state index >= 15 is 17.6 Å². The number of carbonyl (C=O) groups is 2. The van der Waals surface area contributed by atoms with Crippen molar-refractivity contribution in [1.29, 1.82) is 0 Å². The van der Waals surface area contributed by atoms with Gasteiger partial charge in [-0.3, -0.25) is 4.79 Å². The van der Waals surface area contributed by atoms with Crippen molar-refractivity contribution in [3.8, 4) is 5.75 Å². The number of hydrogen-bond acceptors (Lipinski definition) is 6. The molecule has 0 aromatic heterocycles. The van der Waals surface area contributed by atoms with E-state index in [1.165, 1.54) is 47.2 Å². The van der Waals surface area contributed by atoms with Gasteiger partial charge >= 0.3 is 231 Å². The van der Waals surface area contributed by atoms with E-state index in [0.29, 0.717) is 37.8 Å². The Bertz CT molecular complexity index is 2880. The number of hydrogen-bond donors (Lipinski definition) is 0. The first-order valence-corrected chi connectivity index (χ1v) is 28.3. The Morgan fingerprint density at radius 3 is 1.84 bits per heavy atom. The number of halogens is 7. The summed E-state index contributed by atoms with van der Waals surface area (Å²) in [6.07, 6.45) is 3.71. The van der Waals surface area contributed by atoms with Gasteiger partial charge in [0.15, 0.2) is 23.3 Å². The van der Waals surface area contributed by atoms with Gasteiger partial charge in [0.2, 0.25) is 11.5 Å². The average molecular weight is 979 g/mol. The van der Waals surface area contributed by atoms with Gasteiger partial charge in [-0.15, -0.1) is 0 Å². The first kappa shape index (κ1) is 47.8. The van der Waals surface area contributed by atoms with Crippen molar-refractivity contribution in [1.82, 2.24) is 9.80 Å². The molecule has 0 atom stereocenters. The Hall–Kier alpha value is -5.67. The average Bonchev–Trinajstić information content (AvgIpc) is 3.30. The number of benzene rings is 5. The maximum atomic E-state index is 16.5. The maximum absolute atomic E-state index is 16.5. The second-order valence-corrected chi connectivity index (χ2v) is 27.3. The summed E-state index contributed by atoms with van der Waals surface area (Å²) in [5, 5.41) is 3.07. The fourth-order valence-electron chi connectivity index (χ4n) is 9.87. The molecule has 5 aromatic rings. The van der Waals surface area contributed by atoms with Crippen LogP contribution in [0.1, 0.15) is 39.9 Å². The molecule has 0 unspecified atom stereocenters. The number of fused-ring (bicyclic) bond motifs is 2. The standard InChI is InChI=1S/C50H46F7N2O5PSSi/c1-32-29-33(49(61)59-26-24-58(25-27-59)23-13-14-28-65(34-15-7-4-8-16-34,35-17-9-5-10-18-35)36-19-11-6-12-20-36)21-22-37(32)42-38-30-40(51)45(60)43(53)47(38)67(2,3)48-39(42)31-41(52)46(44(48)54)64-66(62,63)50(55,56)57/h4-12,15-22,29-31,65H,13-14,23-28H2,1-3H3. The summed E-state index contributed by atoms with van der Waals surface area (Å²) in [6, 6.07) is 37.2. The van der Waals surface area contributed by atoms with Crippen LogP contribution < -0.4 is 25.3 Å². The molecule has 1 fully saturated rings. The molecule has 350 valence electrons. The molecule has 0 spiro atoms. The molecule has 0 bridgehead atoms. The predicted octanol–water partition coefficient (Wildman–Crippen LogP) is 8.70. The van der Waals surface area contributed by atoms with E-state index in [4.69, 9.17) is 0 Å². The minimum absolute atomic E-state index is 0.139. The number of Topliss-reactive ketones (excluding diaryl/α,β-unsaturated/α-hetero) is 1. The van der Waals surface area contributed by atoms with E-state index < -0.39 is 76.2 Å². The minimum atomic E-state index is -6.56. The molecule has 67 heavy (non-hydrogen) atoms. The third-order valence-electron chi connectivity index (χ3n) is 13.1. The number of amides is 1. The van der Waals surface area contributed by atoms with Crippen molar-refractivity contribution in [3.63, 3.8) is 0 Å². The third-order valence-corrected chi connectivity index (χ3v) is 22.6. The summed E-state index contributed by atoms with van der Waals surface area (Å²) in [7, 11) is -12.9. The van der Waals surface area contributed by atoms with E-state index in [1.54, 1.807) is 11.8 Å². The topological polar surface area (TPSA) is 84.0 Å². The van der Waals surface area contributed by atoms with Crippen LogP contribution in [0.15, 0.2) is 144 Å². The summed E-state index contributed by atoms with van der Waals surface area (Å²) in [4.78, 5) is 30.7. The van der Waals surface area contributed by atoms with Crippen molar-refractivity contribution in [3.05, 3.63) is 178 Å². The molecule has 2 aliphatic heterocycles. The number of allylic oxidation sites excluding steroid dienone is 5. The van der Waals surface area contributed by atoms with E-state index in [1.807, 2.05) is 18.2 Å². The van der Waals surface area contributed by atoms with Crippen LogP contribution in [-0.4, -0.2) is 82.4 Å². The molecule has 7 nitrogen and oxygen atoms in total. The Balaban J connectivity index is 1.01. The second kappa shape index (κ2) is 18.4. The zero-order chi connectivity index (χ0) is 48.1. The van der Waals surface area contributed by atoms with Crippen LogP contribution in [-0.2, 0) is 14.9 Å². The molecule has 0 saturated carbocycles. The number of nitrogens with zero attached hydrogens (tertiary/aromatic N) is 2. The smallest absolute Gasteiger partial charge is 0.370 e. The molecule has 1 amide bonds. The summed E-state index contributed by atoms with van der Waals surface area (Å²) in [5.74, 6) is -10.6. The number of carbonyl (C=O) groups excluding carboxylic acids is 2.